The molecule has 0 saturated heterocycles. The van der Waals surface area contributed by atoms with Crippen LogP contribution in [0.15, 0.2) is 42.5 Å². The van der Waals surface area contributed by atoms with E-state index in [0.29, 0.717) is 11.3 Å². The highest BCUT2D eigenvalue weighted by molar-refractivity contribution is 6.08. The van der Waals surface area contributed by atoms with E-state index in [2.05, 4.69) is 6.07 Å². The van der Waals surface area contributed by atoms with E-state index in [1.165, 1.54) is 5.56 Å². The van der Waals surface area contributed by atoms with Gasteiger partial charge in [-0.15, -0.1) is 0 Å². The van der Waals surface area contributed by atoms with Crippen LogP contribution in [0, 0.1) is 6.92 Å². The van der Waals surface area contributed by atoms with Gasteiger partial charge in [-0.25, -0.2) is 0 Å². The van der Waals surface area contributed by atoms with Crippen molar-refractivity contribution in [2.24, 2.45) is 0 Å². The number of hydrogen-bond donors (Lipinski definition) is 1. The van der Waals surface area contributed by atoms with Crippen LogP contribution in [0.25, 0.3) is 0 Å². The number of anilines is 2. The normalized spacial score (nSPS) is 14.4. The molecule has 1 aliphatic heterocycles. The van der Waals surface area contributed by atoms with Crippen LogP contribution in [0.4, 0.5) is 11.4 Å². The minimum absolute atomic E-state index is 0.0501. The van der Waals surface area contributed by atoms with Crippen molar-refractivity contribution in [3.05, 3.63) is 59.2 Å². The summed E-state index contributed by atoms with van der Waals surface area (Å²) in [5, 5.41) is 0. The molecular formula is C18H20N2O. The molecule has 1 amide bonds. The van der Waals surface area contributed by atoms with Crippen molar-refractivity contribution in [2.45, 2.75) is 26.2 Å². The largest absolute Gasteiger partial charge is 0.399 e. The molecule has 0 spiro atoms. The third kappa shape index (κ3) is 2.64. The summed E-state index contributed by atoms with van der Waals surface area (Å²) >= 11 is 0. The summed E-state index contributed by atoms with van der Waals surface area (Å²) in [7, 11) is 0. The van der Waals surface area contributed by atoms with Crippen LogP contribution in [0.3, 0.4) is 0 Å². The van der Waals surface area contributed by atoms with Crippen LogP contribution in [-0.2, 0) is 6.42 Å². The van der Waals surface area contributed by atoms with E-state index in [0.717, 1.165) is 37.1 Å². The first-order chi connectivity index (χ1) is 10.2. The minimum Gasteiger partial charge on any atom is -0.399 e. The Morgan fingerprint density at radius 2 is 1.95 bits per heavy atom. The van der Waals surface area contributed by atoms with Gasteiger partial charge >= 0.3 is 0 Å². The number of benzene rings is 2. The highest BCUT2D eigenvalue weighted by Crippen LogP contribution is 2.28. The quantitative estimate of drug-likeness (QED) is 0.812. The Bertz CT molecular complexity index is 679. The first-order valence-corrected chi connectivity index (χ1v) is 7.43. The zero-order valence-electron chi connectivity index (χ0n) is 12.3. The Labute approximate surface area is 125 Å². The molecule has 0 radical (unpaired) electrons. The third-order valence-electron chi connectivity index (χ3n) is 4.10. The summed E-state index contributed by atoms with van der Waals surface area (Å²) in [4.78, 5) is 14.9. The SMILES string of the molecule is Cc1ccc(N)cc1C(=O)N1CCCCc2ccccc21. The van der Waals surface area contributed by atoms with E-state index >= 15 is 0 Å². The van der Waals surface area contributed by atoms with E-state index in [4.69, 9.17) is 5.73 Å². The predicted molar refractivity (Wildman–Crippen MR) is 86.6 cm³/mol. The highest BCUT2D eigenvalue weighted by Gasteiger charge is 2.23. The molecule has 0 unspecified atom stereocenters. The number of fused-ring (bicyclic) bond motifs is 1. The monoisotopic (exact) mass is 280 g/mol. The average molecular weight is 280 g/mol. The Balaban J connectivity index is 2.03. The van der Waals surface area contributed by atoms with Crippen LogP contribution in [0.5, 0.6) is 0 Å². The summed E-state index contributed by atoms with van der Waals surface area (Å²) in [6, 6.07) is 13.7. The van der Waals surface area contributed by atoms with Crippen molar-refractivity contribution < 1.29 is 4.79 Å². The molecule has 0 atom stereocenters. The standard InChI is InChI=1S/C18H20N2O/c1-13-9-10-15(19)12-16(13)18(21)20-11-5-4-7-14-6-2-3-8-17(14)20/h2-3,6,8-10,12H,4-5,7,11,19H2,1H3. The molecule has 2 aromatic carbocycles. The van der Waals surface area contributed by atoms with Crippen molar-refractivity contribution >= 4 is 17.3 Å². The van der Waals surface area contributed by atoms with Crippen LogP contribution in [0.2, 0.25) is 0 Å². The first-order valence-electron chi connectivity index (χ1n) is 7.43. The number of nitrogen functional groups attached to an aromatic ring is 1. The summed E-state index contributed by atoms with van der Waals surface area (Å²) < 4.78 is 0. The number of nitrogens with two attached hydrogens (primary N) is 1. The maximum Gasteiger partial charge on any atom is 0.258 e. The highest BCUT2D eigenvalue weighted by atomic mass is 16.2. The van der Waals surface area contributed by atoms with Crippen molar-refractivity contribution in [2.75, 3.05) is 17.2 Å². The molecule has 1 aliphatic rings. The smallest absolute Gasteiger partial charge is 0.258 e. The van der Waals surface area contributed by atoms with E-state index < -0.39 is 0 Å². The van der Waals surface area contributed by atoms with E-state index in [9.17, 15) is 4.79 Å². The van der Waals surface area contributed by atoms with Crippen LogP contribution < -0.4 is 10.6 Å². The van der Waals surface area contributed by atoms with Crippen molar-refractivity contribution in [3.63, 3.8) is 0 Å². The third-order valence-corrected chi connectivity index (χ3v) is 4.10. The Morgan fingerprint density at radius 1 is 1.14 bits per heavy atom. The number of rotatable bonds is 1. The van der Waals surface area contributed by atoms with Gasteiger partial charge in [-0.3, -0.25) is 4.79 Å². The molecule has 0 bridgehead atoms. The van der Waals surface area contributed by atoms with Crippen molar-refractivity contribution in [1.82, 2.24) is 0 Å². The Kier molecular flexibility index (Phi) is 3.65. The molecule has 108 valence electrons. The molecule has 3 rings (SSSR count). The lowest BCUT2D eigenvalue weighted by atomic mass is 10.0. The van der Waals surface area contributed by atoms with Crippen LogP contribution in [-0.4, -0.2) is 12.5 Å². The van der Waals surface area contributed by atoms with Gasteiger partial charge in [0.2, 0.25) is 0 Å². The maximum absolute atomic E-state index is 13.0. The number of para-hydroxylation sites is 1. The van der Waals surface area contributed by atoms with Gasteiger partial charge in [-0.1, -0.05) is 24.3 Å². The fourth-order valence-electron chi connectivity index (χ4n) is 2.92. The number of amides is 1. The molecule has 2 N–H and O–H groups in total. The van der Waals surface area contributed by atoms with Gasteiger partial charge in [0.05, 0.1) is 0 Å². The molecule has 0 aliphatic carbocycles. The molecule has 2 aromatic rings. The fraction of sp³-hybridized carbons (Fsp3) is 0.278. The van der Waals surface area contributed by atoms with Crippen LogP contribution >= 0.6 is 0 Å². The summed E-state index contributed by atoms with van der Waals surface area (Å²) in [6.45, 7) is 2.72. The maximum atomic E-state index is 13.0. The number of carbonyl (C=O) groups excluding carboxylic acids is 1. The van der Waals surface area contributed by atoms with E-state index in [1.807, 2.05) is 42.2 Å². The summed E-state index contributed by atoms with van der Waals surface area (Å²) in [5.74, 6) is 0.0501. The van der Waals surface area contributed by atoms with Gasteiger partial charge in [-0.05, 0) is 55.5 Å². The lowest BCUT2D eigenvalue weighted by Crippen LogP contribution is -2.32. The Morgan fingerprint density at radius 3 is 2.81 bits per heavy atom. The van der Waals surface area contributed by atoms with Gasteiger partial charge in [0.1, 0.15) is 0 Å². The van der Waals surface area contributed by atoms with Gasteiger partial charge in [-0.2, -0.15) is 0 Å². The van der Waals surface area contributed by atoms with Gasteiger partial charge < -0.3 is 10.6 Å². The summed E-state index contributed by atoms with van der Waals surface area (Å²) in [6.07, 6.45) is 3.19. The number of carbonyl (C=O) groups is 1. The predicted octanol–water partition coefficient (Wildman–Crippen LogP) is 3.56. The minimum atomic E-state index is 0.0501. The number of hydrogen-bond acceptors (Lipinski definition) is 2. The molecule has 3 nitrogen and oxygen atoms in total. The van der Waals surface area contributed by atoms with Gasteiger partial charge in [0, 0.05) is 23.5 Å². The molecule has 1 heterocycles. The molecule has 0 saturated carbocycles. The van der Waals surface area contributed by atoms with E-state index in [1.54, 1.807) is 6.07 Å². The zero-order valence-corrected chi connectivity index (χ0v) is 12.3. The second kappa shape index (κ2) is 5.60. The zero-order chi connectivity index (χ0) is 14.8. The van der Waals surface area contributed by atoms with Crippen LogP contribution in [0.1, 0.15) is 34.3 Å². The van der Waals surface area contributed by atoms with Gasteiger partial charge in [0.25, 0.3) is 5.91 Å². The van der Waals surface area contributed by atoms with Crippen molar-refractivity contribution in [3.8, 4) is 0 Å². The lowest BCUT2D eigenvalue weighted by Gasteiger charge is -2.24. The second-order valence-corrected chi connectivity index (χ2v) is 5.62. The number of aryl methyl sites for hydroxylation is 2. The molecule has 0 aromatic heterocycles. The van der Waals surface area contributed by atoms with Crippen molar-refractivity contribution in [1.29, 1.82) is 0 Å². The first kappa shape index (κ1) is 13.7. The second-order valence-electron chi connectivity index (χ2n) is 5.62. The molecule has 0 fully saturated rings. The molecular weight excluding hydrogens is 260 g/mol. The average Bonchev–Trinajstić information content (AvgIpc) is 2.71. The summed E-state index contributed by atoms with van der Waals surface area (Å²) in [5.41, 5.74) is 10.4. The number of nitrogens with zero attached hydrogens (tertiary/aromatic N) is 1. The van der Waals surface area contributed by atoms with E-state index in [-0.39, 0.29) is 5.91 Å². The fourth-order valence-corrected chi connectivity index (χ4v) is 2.92. The molecule has 3 heteroatoms. The lowest BCUT2D eigenvalue weighted by molar-refractivity contribution is 0.0986. The molecule has 21 heavy (non-hydrogen) atoms. The van der Waals surface area contributed by atoms with Gasteiger partial charge in [0.15, 0.2) is 0 Å². The Hall–Kier alpha value is -2.29. The topological polar surface area (TPSA) is 46.3 Å².